The van der Waals surface area contributed by atoms with Gasteiger partial charge in [0.1, 0.15) is 23.9 Å². The molecule has 1 aliphatic rings. The van der Waals surface area contributed by atoms with Gasteiger partial charge in [-0.2, -0.15) is 0 Å². The van der Waals surface area contributed by atoms with Crippen molar-refractivity contribution in [2.24, 2.45) is 0 Å². The number of furan rings is 1. The smallest absolute Gasteiger partial charge is 0.123 e. The third kappa shape index (κ3) is 3.89. The summed E-state index contributed by atoms with van der Waals surface area (Å²) in [7, 11) is 0. The van der Waals surface area contributed by atoms with Gasteiger partial charge in [0.2, 0.25) is 0 Å². The van der Waals surface area contributed by atoms with Gasteiger partial charge in [-0.25, -0.2) is 4.39 Å². The first kappa shape index (κ1) is 15.1. The summed E-state index contributed by atoms with van der Waals surface area (Å²) in [5, 5.41) is 0. The van der Waals surface area contributed by atoms with Gasteiger partial charge in [0.15, 0.2) is 0 Å². The minimum absolute atomic E-state index is 0.238. The van der Waals surface area contributed by atoms with Crippen molar-refractivity contribution >= 4 is 0 Å². The first-order chi connectivity index (χ1) is 10.8. The average Bonchev–Trinajstić information content (AvgIpc) is 2.96. The van der Waals surface area contributed by atoms with Gasteiger partial charge >= 0.3 is 0 Å². The Kier molecular flexibility index (Phi) is 5.11. The summed E-state index contributed by atoms with van der Waals surface area (Å²) in [5.41, 5.74) is 0. The lowest BCUT2D eigenvalue weighted by molar-refractivity contribution is 0.146. The van der Waals surface area contributed by atoms with Gasteiger partial charge in [-0.05, 0) is 55.8 Å². The first-order valence-corrected chi connectivity index (χ1v) is 7.99. The molecule has 22 heavy (non-hydrogen) atoms. The highest BCUT2D eigenvalue weighted by molar-refractivity contribution is 5.22. The molecule has 3 nitrogen and oxygen atoms in total. The molecule has 4 heteroatoms. The van der Waals surface area contributed by atoms with Gasteiger partial charge in [0, 0.05) is 6.54 Å². The second-order valence-electron chi connectivity index (χ2n) is 5.72. The summed E-state index contributed by atoms with van der Waals surface area (Å²) in [6.45, 7) is 2.52. The van der Waals surface area contributed by atoms with Crippen LogP contribution in [0.4, 0.5) is 4.39 Å². The molecule has 0 saturated carbocycles. The zero-order valence-corrected chi connectivity index (χ0v) is 12.7. The van der Waals surface area contributed by atoms with Crippen LogP contribution in [0.2, 0.25) is 0 Å². The van der Waals surface area contributed by atoms with Crippen molar-refractivity contribution in [2.45, 2.75) is 31.7 Å². The van der Waals surface area contributed by atoms with Gasteiger partial charge in [-0.15, -0.1) is 0 Å². The highest BCUT2D eigenvalue weighted by Gasteiger charge is 2.24. The maximum Gasteiger partial charge on any atom is 0.123 e. The molecule has 2 heterocycles. The molecular weight excluding hydrogens is 281 g/mol. The van der Waals surface area contributed by atoms with Crippen molar-refractivity contribution < 1.29 is 13.5 Å². The SMILES string of the molecule is Fc1ccc(OCCN2CCCCCC2c2ccco2)cc1. The van der Waals surface area contributed by atoms with Crippen molar-refractivity contribution in [1.82, 2.24) is 4.90 Å². The van der Waals surface area contributed by atoms with E-state index in [1.54, 1.807) is 18.4 Å². The molecule has 1 fully saturated rings. The number of halogens is 1. The largest absolute Gasteiger partial charge is 0.492 e. The van der Waals surface area contributed by atoms with E-state index in [2.05, 4.69) is 11.0 Å². The van der Waals surface area contributed by atoms with Crippen LogP contribution in [-0.4, -0.2) is 24.6 Å². The molecule has 0 radical (unpaired) electrons. The van der Waals surface area contributed by atoms with Gasteiger partial charge in [0.25, 0.3) is 0 Å². The van der Waals surface area contributed by atoms with Crippen molar-refractivity contribution in [3.05, 3.63) is 54.2 Å². The molecule has 3 rings (SSSR count). The molecule has 0 bridgehead atoms. The van der Waals surface area contributed by atoms with E-state index in [4.69, 9.17) is 9.15 Å². The topological polar surface area (TPSA) is 25.6 Å². The van der Waals surface area contributed by atoms with E-state index >= 15 is 0 Å². The average molecular weight is 303 g/mol. The van der Waals surface area contributed by atoms with Gasteiger partial charge in [-0.3, -0.25) is 4.90 Å². The number of hydrogen-bond acceptors (Lipinski definition) is 3. The summed E-state index contributed by atoms with van der Waals surface area (Å²) in [6.07, 6.45) is 6.60. The van der Waals surface area contributed by atoms with Gasteiger partial charge in [0.05, 0.1) is 12.3 Å². The summed E-state index contributed by atoms with van der Waals surface area (Å²) < 4.78 is 24.2. The Balaban J connectivity index is 1.57. The fourth-order valence-electron chi connectivity index (χ4n) is 3.05. The molecule has 2 aromatic rings. The zero-order chi connectivity index (χ0) is 15.2. The zero-order valence-electron chi connectivity index (χ0n) is 12.7. The summed E-state index contributed by atoms with van der Waals surface area (Å²) in [6, 6.07) is 10.5. The molecule has 1 atom stereocenters. The van der Waals surface area contributed by atoms with Crippen LogP contribution < -0.4 is 4.74 Å². The summed E-state index contributed by atoms with van der Waals surface area (Å²) in [5.74, 6) is 1.52. The predicted octanol–water partition coefficient (Wildman–Crippen LogP) is 4.41. The maximum atomic E-state index is 12.9. The van der Waals surface area contributed by atoms with E-state index in [0.29, 0.717) is 18.4 Å². The minimum Gasteiger partial charge on any atom is -0.492 e. The monoisotopic (exact) mass is 303 g/mol. The van der Waals surface area contributed by atoms with Crippen molar-refractivity contribution in [3.63, 3.8) is 0 Å². The number of ether oxygens (including phenoxy) is 1. The fourth-order valence-corrected chi connectivity index (χ4v) is 3.05. The molecule has 1 aromatic carbocycles. The first-order valence-electron chi connectivity index (χ1n) is 7.99. The van der Waals surface area contributed by atoms with Crippen molar-refractivity contribution in [1.29, 1.82) is 0 Å². The summed E-state index contributed by atoms with van der Waals surface area (Å²) >= 11 is 0. The van der Waals surface area contributed by atoms with Crippen molar-refractivity contribution in [2.75, 3.05) is 19.7 Å². The molecule has 0 N–H and O–H groups in total. The Hall–Kier alpha value is -1.81. The fraction of sp³-hybridized carbons (Fsp3) is 0.444. The molecule has 1 saturated heterocycles. The number of nitrogens with zero attached hydrogens (tertiary/aromatic N) is 1. The molecule has 0 aliphatic carbocycles. The number of hydrogen-bond donors (Lipinski definition) is 0. The lowest BCUT2D eigenvalue weighted by Gasteiger charge is -2.28. The maximum absolute atomic E-state index is 12.9. The van der Waals surface area contributed by atoms with E-state index in [0.717, 1.165) is 25.3 Å². The molecule has 0 spiro atoms. The van der Waals surface area contributed by atoms with Gasteiger partial charge in [-0.1, -0.05) is 12.8 Å². The van der Waals surface area contributed by atoms with Gasteiger partial charge < -0.3 is 9.15 Å². The molecule has 0 amide bonds. The highest BCUT2D eigenvalue weighted by atomic mass is 19.1. The Morgan fingerprint density at radius 3 is 2.77 bits per heavy atom. The van der Waals surface area contributed by atoms with Crippen LogP contribution in [0.5, 0.6) is 5.75 Å². The Labute approximate surface area is 130 Å². The Morgan fingerprint density at radius 1 is 1.14 bits per heavy atom. The molecule has 1 aromatic heterocycles. The van der Waals surface area contributed by atoms with Crippen LogP contribution in [0.25, 0.3) is 0 Å². The van der Waals surface area contributed by atoms with Crippen molar-refractivity contribution in [3.8, 4) is 5.75 Å². The van der Waals surface area contributed by atoms with E-state index in [1.807, 2.05) is 6.07 Å². The van der Waals surface area contributed by atoms with E-state index < -0.39 is 0 Å². The highest BCUT2D eigenvalue weighted by Crippen LogP contribution is 2.30. The molecule has 1 unspecified atom stereocenters. The predicted molar refractivity (Wildman–Crippen MR) is 83.4 cm³/mol. The second-order valence-corrected chi connectivity index (χ2v) is 5.72. The normalized spacial score (nSPS) is 19.8. The lowest BCUT2D eigenvalue weighted by Crippen LogP contribution is -2.32. The van der Waals surface area contributed by atoms with Crippen LogP contribution in [0.1, 0.15) is 37.5 Å². The third-order valence-corrected chi connectivity index (χ3v) is 4.20. The second kappa shape index (κ2) is 7.45. The van der Waals surface area contributed by atoms with Crippen LogP contribution >= 0.6 is 0 Å². The molecule has 118 valence electrons. The number of benzene rings is 1. The van der Waals surface area contributed by atoms with E-state index in [1.165, 1.54) is 31.4 Å². The van der Waals surface area contributed by atoms with Crippen LogP contribution in [0.3, 0.4) is 0 Å². The molecular formula is C18H22FNO2. The lowest BCUT2D eigenvalue weighted by atomic mass is 10.1. The quantitative estimate of drug-likeness (QED) is 0.818. The van der Waals surface area contributed by atoms with E-state index in [-0.39, 0.29) is 5.82 Å². The van der Waals surface area contributed by atoms with Crippen LogP contribution in [-0.2, 0) is 0 Å². The number of likely N-dealkylation sites (tertiary alicyclic amines) is 1. The minimum atomic E-state index is -0.238. The third-order valence-electron chi connectivity index (χ3n) is 4.20. The van der Waals surface area contributed by atoms with Crippen LogP contribution in [0, 0.1) is 5.82 Å². The Bertz CT molecular complexity index is 553. The molecule has 1 aliphatic heterocycles. The Morgan fingerprint density at radius 2 is 2.00 bits per heavy atom. The van der Waals surface area contributed by atoms with E-state index in [9.17, 15) is 4.39 Å². The number of rotatable bonds is 5. The summed E-state index contributed by atoms with van der Waals surface area (Å²) in [4.78, 5) is 2.44. The van der Waals surface area contributed by atoms with Crippen LogP contribution in [0.15, 0.2) is 47.1 Å². The standard InChI is InChI=1S/C18H22FNO2/c19-15-7-9-16(10-8-15)21-14-12-20-11-3-1-2-5-17(20)18-6-4-13-22-18/h4,6-10,13,17H,1-3,5,11-12,14H2.